The third-order valence-corrected chi connectivity index (χ3v) is 2.22. The molecule has 0 radical (unpaired) electrons. The molecule has 1 saturated carbocycles. The Labute approximate surface area is 77.2 Å². The fraction of sp³-hybridized carbons (Fsp3) is 0.500. The second-order valence-electron chi connectivity index (χ2n) is 3.54. The van der Waals surface area contributed by atoms with E-state index in [4.69, 9.17) is 0 Å². The molecule has 0 saturated heterocycles. The summed E-state index contributed by atoms with van der Waals surface area (Å²) in [5, 5.41) is 3.30. The van der Waals surface area contributed by atoms with E-state index < -0.39 is 0 Å². The standard InChI is InChI=1S/C10H13FN2/c11-9-3-4-10(13-6-9)7-12-5-8-1-2-8/h3-4,6,8,12H,1-2,5,7H2. The molecule has 1 aromatic heterocycles. The lowest BCUT2D eigenvalue weighted by molar-refractivity contribution is 0.606. The minimum Gasteiger partial charge on any atom is -0.311 e. The van der Waals surface area contributed by atoms with Crippen LogP contribution in [0.5, 0.6) is 0 Å². The first kappa shape index (κ1) is 8.63. The van der Waals surface area contributed by atoms with Crippen molar-refractivity contribution in [1.29, 1.82) is 0 Å². The van der Waals surface area contributed by atoms with Crippen LogP contribution in [0.3, 0.4) is 0 Å². The van der Waals surface area contributed by atoms with Crippen LogP contribution in [0.25, 0.3) is 0 Å². The topological polar surface area (TPSA) is 24.9 Å². The zero-order valence-electron chi connectivity index (χ0n) is 7.46. The molecule has 0 aromatic carbocycles. The number of nitrogens with zero attached hydrogens (tertiary/aromatic N) is 1. The predicted molar refractivity (Wildman–Crippen MR) is 48.6 cm³/mol. The Morgan fingerprint density at radius 2 is 2.31 bits per heavy atom. The van der Waals surface area contributed by atoms with E-state index in [9.17, 15) is 4.39 Å². The lowest BCUT2D eigenvalue weighted by atomic mass is 10.3. The van der Waals surface area contributed by atoms with E-state index in [1.807, 2.05) is 0 Å². The molecule has 0 unspecified atom stereocenters. The lowest BCUT2D eigenvalue weighted by Gasteiger charge is -2.01. The molecular weight excluding hydrogens is 167 g/mol. The Morgan fingerprint density at radius 1 is 1.46 bits per heavy atom. The Bertz CT molecular complexity index is 267. The number of hydrogen-bond acceptors (Lipinski definition) is 2. The molecule has 1 N–H and O–H groups in total. The van der Waals surface area contributed by atoms with Crippen LogP contribution in [0.2, 0.25) is 0 Å². The molecule has 1 aromatic rings. The third-order valence-electron chi connectivity index (χ3n) is 2.22. The van der Waals surface area contributed by atoms with Gasteiger partial charge in [0, 0.05) is 6.54 Å². The van der Waals surface area contributed by atoms with Crippen LogP contribution in [0.15, 0.2) is 18.3 Å². The molecule has 1 aliphatic rings. The van der Waals surface area contributed by atoms with Crippen LogP contribution in [0.4, 0.5) is 4.39 Å². The highest BCUT2D eigenvalue weighted by Gasteiger charge is 2.20. The molecule has 2 nitrogen and oxygen atoms in total. The molecule has 0 amide bonds. The smallest absolute Gasteiger partial charge is 0.141 e. The third kappa shape index (κ3) is 2.77. The Kier molecular flexibility index (Phi) is 2.54. The minimum atomic E-state index is -0.272. The highest BCUT2D eigenvalue weighted by molar-refractivity contribution is 5.04. The summed E-state index contributed by atoms with van der Waals surface area (Å²) in [6.45, 7) is 1.82. The van der Waals surface area contributed by atoms with Gasteiger partial charge in [0.25, 0.3) is 0 Å². The molecule has 0 aliphatic heterocycles. The molecular formula is C10H13FN2. The fourth-order valence-corrected chi connectivity index (χ4v) is 1.24. The molecule has 0 bridgehead atoms. The molecule has 1 heterocycles. The van der Waals surface area contributed by atoms with Crippen LogP contribution >= 0.6 is 0 Å². The van der Waals surface area contributed by atoms with Crippen molar-refractivity contribution >= 4 is 0 Å². The van der Waals surface area contributed by atoms with Crippen molar-refractivity contribution in [3.63, 3.8) is 0 Å². The van der Waals surface area contributed by atoms with Gasteiger partial charge < -0.3 is 5.32 Å². The van der Waals surface area contributed by atoms with Gasteiger partial charge in [0.15, 0.2) is 0 Å². The number of halogens is 1. The zero-order valence-corrected chi connectivity index (χ0v) is 7.46. The van der Waals surface area contributed by atoms with Gasteiger partial charge in [-0.2, -0.15) is 0 Å². The average molecular weight is 180 g/mol. The molecule has 0 spiro atoms. The van der Waals surface area contributed by atoms with Crippen LogP contribution in [-0.2, 0) is 6.54 Å². The van der Waals surface area contributed by atoms with Gasteiger partial charge in [0.1, 0.15) is 5.82 Å². The van der Waals surface area contributed by atoms with Gasteiger partial charge in [0.2, 0.25) is 0 Å². The maximum Gasteiger partial charge on any atom is 0.141 e. The average Bonchev–Trinajstić information content (AvgIpc) is 2.92. The van der Waals surface area contributed by atoms with Gasteiger partial charge in [-0.1, -0.05) is 0 Å². The summed E-state index contributed by atoms with van der Waals surface area (Å²) in [7, 11) is 0. The summed E-state index contributed by atoms with van der Waals surface area (Å²) < 4.78 is 12.5. The predicted octanol–water partition coefficient (Wildman–Crippen LogP) is 1.72. The van der Waals surface area contributed by atoms with E-state index >= 15 is 0 Å². The van der Waals surface area contributed by atoms with Crippen molar-refractivity contribution in [2.45, 2.75) is 19.4 Å². The SMILES string of the molecule is Fc1ccc(CNCC2CC2)nc1. The van der Waals surface area contributed by atoms with E-state index in [0.717, 1.165) is 24.7 Å². The van der Waals surface area contributed by atoms with Crippen molar-refractivity contribution in [2.75, 3.05) is 6.54 Å². The lowest BCUT2D eigenvalue weighted by Crippen LogP contribution is -2.16. The highest BCUT2D eigenvalue weighted by atomic mass is 19.1. The number of pyridine rings is 1. The minimum absolute atomic E-state index is 0.272. The summed E-state index contributed by atoms with van der Waals surface area (Å²) in [6.07, 6.45) is 3.96. The number of nitrogens with one attached hydrogen (secondary N) is 1. The molecule has 1 aliphatic carbocycles. The van der Waals surface area contributed by atoms with Crippen molar-refractivity contribution in [2.24, 2.45) is 5.92 Å². The summed E-state index contributed by atoms with van der Waals surface area (Å²) in [5.41, 5.74) is 0.905. The van der Waals surface area contributed by atoms with Gasteiger partial charge in [-0.3, -0.25) is 4.98 Å². The zero-order chi connectivity index (χ0) is 9.10. The van der Waals surface area contributed by atoms with Gasteiger partial charge in [0.05, 0.1) is 11.9 Å². The van der Waals surface area contributed by atoms with E-state index in [1.54, 1.807) is 6.07 Å². The van der Waals surface area contributed by atoms with Gasteiger partial charge in [-0.05, 0) is 37.4 Å². The Morgan fingerprint density at radius 3 is 2.92 bits per heavy atom. The van der Waals surface area contributed by atoms with Crippen LogP contribution in [0, 0.1) is 11.7 Å². The second kappa shape index (κ2) is 3.83. The van der Waals surface area contributed by atoms with Crippen LogP contribution in [-0.4, -0.2) is 11.5 Å². The molecule has 70 valence electrons. The first-order valence-electron chi connectivity index (χ1n) is 4.66. The second-order valence-corrected chi connectivity index (χ2v) is 3.54. The van der Waals surface area contributed by atoms with Crippen molar-refractivity contribution in [1.82, 2.24) is 10.3 Å². The largest absolute Gasteiger partial charge is 0.311 e. The Balaban J connectivity index is 1.76. The van der Waals surface area contributed by atoms with E-state index in [-0.39, 0.29) is 5.82 Å². The normalized spacial score (nSPS) is 16.1. The highest BCUT2D eigenvalue weighted by Crippen LogP contribution is 2.27. The first-order valence-corrected chi connectivity index (χ1v) is 4.66. The van der Waals surface area contributed by atoms with Crippen molar-refractivity contribution in [3.8, 4) is 0 Å². The number of rotatable bonds is 4. The monoisotopic (exact) mass is 180 g/mol. The maximum absolute atomic E-state index is 12.5. The van der Waals surface area contributed by atoms with Crippen molar-refractivity contribution in [3.05, 3.63) is 29.8 Å². The van der Waals surface area contributed by atoms with Crippen LogP contribution in [0.1, 0.15) is 18.5 Å². The van der Waals surface area contributed by atoms with Crippen LogP contribution < -0.4 is 5.32 Å². The molecule has 0 atom stereocenters. The van der Waals surface area contributed by atoms with E-state index in [1.165, 1.54) is 25.1 Å². The van der Waals surface area contributed by atoms with Crippen molar-refractivity contribution < 1.29 is 4.39 Å². The molecule has 13 heavy (non-hydrogen) atoms. The number of aromatic nitrogens is 1. The molecule has 2 rings (SSSR count). The first-order chi connectivity index (χ1) is 6.34. The van der Waals surface area contributed by atoms with E-state index in [0.29, 0.717) is 0 Å². The molecule has 1 fully saturated rings. The maximum atomic E-state index is 12.5. The summed E-state index contributed by atoms with van der Waals surface area (Å²) in [5.74, 6) is 0.603. The van der Waals surface area contributed by atoms with Gasteiger partial charge >= 0.3 is 0 Å². The Hall–Kier alpha value is -0.960. The summed E-state index contributed by atoms with van der Waals surface area (Å²) >= 11 is 0. The van der Waals surface area contributed by atoms with E-state index in [2.05, 4.69) is 10.3 Å². The van der Waals surface area contributed by atoms with Gasteiger partial charge in [-0.15, -0.1) is 0 Å². The number of hydrogen-bond donors (Lipinski definition) is 1. The fourth-order valence-electron chi connectivity index (χ4n) is 1.24. The van der Waals surface area contributed by atoms with Gasteiger partial charge in [-0.25, -0.2) is 4.39 Å². The quantitative estimate of drug-likeness (QED) is 0.763. The summed E-state index contributed by atoms with van der Waals surface area (Å²) in [4.78, 5) is 3.96. The molecule has 3 heteroatoms. The summed E-state index contributed by atoms with van der Waals surface area (Å²) in [6, 6.07) is 3.16.